The Balaban J connectivity index is 1.71. The number of hydrogen-bond donors (Lipinski definition) is 2. The SMILES string of the molecule is COCCCN1CCC(c2coc3c(C(N)=O)ccc-3c2N)CC1. The summed E-state index contributed by atoms with van der Waals surface area (Å²) in [6.07, 6.45) is 4.88. The molecule has 6 nitrogen and oxygen atoms in total. The minimum atomic E-state index is -0.495. The molecule has 4 N–H and O–H groups in total. The third-order valence-corrected chi connectivity index (χ3v) is 4.93. The molecule has 3 aliphatic rings. The molecular formula is C18H25N3O3. The lowest BCUT2D eigenvalue weighted by Crippen LogP contribution is -2.34. The maximum atomic E-state index is 11.4. The standard InChI is InChI=1S/C18H25N3O3/c1-23-10-2-7-21-8-5-12(6-9-21)15-11-24-17-13(16(15)19)3-4-14(17)18(20)22/h3-4,11-12H,2,5-10,19H2,1H3,(H2,20,22). The Kier molecular flexibility index (Phi) is 5.06. The number of nitrogen functional groups attached to an aromatic ring is 1. The molecule has 0 spiro atoms. The summed E-state index contributed by atoms with van der Waals surface area (Å²) in [5, 5.41) is 0. The van der Waals surface area contributed by atoms with Gasteiger partial charge in [-0.05, 0) is 50.4 Å². The molecule has 1 amide bonds. The summed E-state index contributed by atoms with van der Waals surface area (Å²) in [4.78, 5) is 13.9. The molecule has 0 radical (unpaired) electrons. The van der Waals surface area contributed by atoms with Gasteiger partial charge in [-0.2, -0.15) is 0 Å². The van der Waals surface area contributed by atoms with Crippen molar-refractivity contribution in [3.63, 3.8) is 0 Å². The Labute approximate surface area is 142 Å². The Morgan fingerprint density at radius 3 is 2.79 bits per heavy atom. The van der Waals surface area contributed by atoms with Crippen LogP contribution in [0.5, 0.6) is 0 Å². The zero-order valence-corrected chi connectivity index (χ0v) is 14.1. The van der Waals surface area contributed by atoms with Crippen LogP contribution in [0.4, 0.5) is 5.69 Å². The second-order valence-corrected chi connectivity index (χ2v) is 6.42. The fourth-order valence-corrected chi connectivity index (χ4v) is 3.55. The summed E-state index contributed by atoms with van der Waals surface area (Å²) in [6, 6.07) is 3.49. The predicted molar refractivity (Wildman–Crippen MR) is 93.2 cm³/mol. The van der Waals surface area contributed by atoms with Gasteiger partial charge < -0.3 is 25.5 Å². The molecule has 130 valence electrons. The van der Waals surface area contributed by atoms with Crippen LogP contribution < -0.4 is 11.5 Å². The third-order valence-electron chi connectivity index (χ3n) is 4.93. The molecule has 0 aromatic rings. The maximum Gasteiger partial charge on any atom is 0.252 e. The van der Waals surface area contributed by atoms with Gasteiger partial charge in [0, 0.05) is 37.1 Å². The van der Waals surface area contributed by atoms with E-state index >= 15 is 0 Å². The van der Waals surface area contributed by atoms with E-state index in [2.05, 4.69) is 4.90 Å². The monoisotopic (exact) mass is 331 g/mol. The third kappa shape index (κ3) is 3.25. The number of fused-ring (bicyclic) bond motifs is 1. The van der Waals surface area contributed by atoms with Gasteiger partial charge in [0.15, 0.2) is 0 Å². The number of primary amides is 1. The molecule has 0 bridgehead atoms. The van der Waals surface area contributed by atoms with Crippen LogP contribution in [-0.2, 0) is 4.74 Å². The van der Waals surface area contributed by atoms with Gasteiger partial charge in [-0.15, -0.1) is 0 Å². The first-order valence-electron chi connectivity index (χ1n) is 8.42. The van der Waals surface area contributed by atoms with Crippen LogP contribution in [0.15, 0.2) is 22.8 Å². The summed E-state index contributed by atoms with van der Waals surface area (Å²) in [7, 11) is 1.74. The van der Waals surface area contributed by atoms with Crippen LogP contribution in [0.1, 0.15) is 41.1 Å². The number of likely N-dealkylation sites (tertiary alicyclic amines) is 1. The first-order chi connectivity index (χ1) is 11.6. The average Bonchev–Trinajstić information content (AvgIpc) is 3.01. The number of carbonyl (C=O) groups is 1. The highest BCUT2D eigenvalue weighted by Crippen LogP contribution is 2.40. The van der Waals surface area contributed by atoms with Crippen molar-refractivity contribution >= 4 is 11.6 Å². The summed E-state index contributed by atoms with van der Waals surface area (Å²) < 4.78 is 10.8. The van der Waals surface area contributed by atoms with Gasteiger partial charge in [0.05, 0.1) is 11.8 Å². The fraction of sp³-hybridized carbons (Fsp3) is 0.500. The molecule has 1 saturated heterocycles. The maximum absolute atomic E-state index is 11.4. The highest BCUT2D eigenvalue weighted by molar-refractivity contribution is 6.01. The number of nitrogens with zero attached hydrogens (tertiary/aromatic N) is 1. The molecule has 24 heavy (non-hydrogen) atoms. The molecule has 1 fully saturated rings. The Morgan fingerprint density at radius 1 is 1.38 bits per heavy atom. The minimum absolute atomic E-state index is 0.385. The van der Waals surface area contributed by atoms with E-state index in [0.717, 1.165) is 56.6 Å². The van der Waals surface area contributed by atoms with Crippen LogP contribution >= 0.6 is 0 Å². The summed E-state index contributed by atoms with van der Waals surface area (Å²) in [5.74, 6) is 0.384. The number of rotatable bonds is 6. The van der Waals surface area contributed by atoms with Crippen molar-refractivity contribution in [3.05, 3.63) is 29.5 Å². The van der Waals surface area contributed by atoms with Gasteiger partial charge in [0.1, 0.15) is 5.76 Å². The van der Waals surface area contributed by atoms with E-state index in [1.165, 1.54) is 0 Å². The van der Waals surface area contributed by atoms with Crippen molar-refractivity contribution < 1.29 is 13.9 Å². The molecule has 0 aromatic carbocycles. The molecule has 2 aliphatic heterocycles. The molecule has 3 rings (SSSR count). The van der Waals surface area contributed by atoms with Crippen LogP contribution in [0.3, 0.4) is 0 Å². The lowest BCUT2D eigenvalue weighted by Gasteiger charge is -2.32. The first kappa shape index (κ1) is 16.8. The van der Waals surface area contributed by atoms with Gasteiger partial charge in [-0.3, -0.25) is 4.79 Å². The number of hydrogen-bond acceptors (Lipinski definition) is 5. The largest absolute Gasteiger partial charge is 0.463 e. The highest BCUT2D eigenvalue weighted by Gasteiger charge is 2.26. The van der Waals surface area contributed by atoms with E-state index in [9.17, 15) is 4.79 Å². The number of ether oxygens (including phenoxy) is 1. The van der Waals surface area contributed by atoms with Gasteiger partial charge >= 0.3 is 0 Å². The van der Waals surface area contributed by atoms with Crippen molar-refractivity contribution in [2.75, 3.05) is 39.1 Å². The van der Waals surface area contributed by atoms with Crippen molar-refractivity contribution in [3.8, 4) is 11.3 Å². The number of piperidine rings is 1. The fourth-order valence-electron chi connectivity index (χ4n) is 3.55. The molecular weight excluding hydrogens is 306 g/mol. The molecule has 0 saturated carbocycles. The average molecular weight is 331 g/mol. The second kappa shape index (κ2) is 7.23. The van der Waals surface area contributed by atoms with Crippen molar-refractivity contribution in [1.82, 2.24) is 4.90 Å². The molecule has 0 aromatic heterocycles. The lowest BCUT2D eigenvalue weighted by atomic mass is 9.88. The Bertz CT molecular complexity index is 674. The number of nitrogens with two attached hydrogens (primary N) is 2. The highest BCUT2D eigenvalue weighted by atomic mass is 16.5. The van der Waals surface area contributed by atoms with Gasteiger partial charge in [0.25, 0.3) is 5.91 Å². The lowest BCUT2D eigenvalue weighted by molar-refractivity contribution is 0.1000. The summed E-state index contributed by atoms with van der Waals surface area (Å²) >= 11 is 0. The topological polar surface area (TPSA) is 94.7 Å². The zero-order valence-electron chi connectivity index (χ0n) is 14.1. The van der Waals surface area contributed by atoms with Crippen molar-refractivity contribution in [2.45, 2.75) is 25.2 Å². The molecule has 0 unspecified atom stereocenters. The quantitative estimate of drug-likeness (QED) is 0.792. The van der Waals surface area contributed by atoms with Crippen LogP contribution in [-0.4, -0.2) is 44.2 Å². The zero-order chi connectivity index (χ0) is 17.1. The van der Waals surface area contributed by atoms with E-state index in [1.54, 1.807) is 19.4 Å². The van der Waals surface area contributed by atoms with E-state index < -0.39 is 5.91 Å². The van der Waals surface area contributed by atoms with Gasteiger partial charge in [0.2, 0.25) is 0 Å². The predicted octanol–water partition coefficient (Wildman–Crippen LogP) is 2.28. The Morgan fingerprint density at radius 2 is 2.12 bits per heavy atom. The van der Waals surface area contributed by atoms with E-state index in [4.69, 9.17) is 20.6 Å². The number of amides is 1. The van der Waals surface area contributed by atoms with E-state index in [-0.39, 0.29) is 0 Å². The van der Waals surface area contributed by atoms with Gasteiger partial charge in [-0.25, -0.2) is 0 Å². The van der Waals surface area contributed by atoms with Crippen LogP contribution in [0.25, 0.3) is 11.3 Å². The van der Waals surface area contributed by atoms with Crippen LogP contribution in [0, 0.1) is 0 Å². The van der Waals surface area contributed by atoms with Gasteiger partial charge in [-0.1, -0.05) is 0 Å². The molecule has 2 heterocycles. The minimum Gasteiger partial charge on any atom is -0.463 e. The number of methoxy groups -OCH3 is 1. The molecule has 6 heteroatoms. The first-order valence-corrected chi connectivity index (χ1v) is 8.42. The summed E-state index contributed by atoms with van der Waals surface area (Å²) in [6.45, 7) is 3.99. The van der Waals surface area contributed by atoms with E-state index in [0.29, 0.717) is 22.9 Å². The second-order valence-electron chi connectivity index (χ2n) is 6.42. The Hall–Kier alpha value is -2.05. The number of anilines is 1. The number of carbonyl (C=O) groups excluding carboxylic acids is 1. The smallest absolute Gasteiger partial charge is 0.252 e. The van der Waals surface area contributed by atoms with Crippen molar-refractivity contribution in [1.29, 1.82) is 0 Å². The van der Waals surface area contributed by atoms with Crippen molar-refractivity contribution in [2.24, 2.45) is 5.73 Å². The normalized spacial score (nSPS) is 16.7. The van der Waals surface area contributed by atoms with Crippen LogP contribution in [0.2, 0.25) is 0 Å². The molecule has 1 aliphatic carbocycles. The summed E-state index contributed by atoms with van der Waals surface area (Å²) in [5.41, 5.74) is 14.6. The van der Waals surface area contributed by atoms with E-state index in [1.807, 2.05) is 6.07 Å². The molecule has 0 atom stereocenters.